The van der Waals surface area contributed by atoms with Gasteiger partial charge in [-0.15, -0.1) is 0 Å². The number of hydrogen-bond acceptors (Lipinski definition) is 4. The molecule has 1 aliphatic rings. The van der Waals surface area contributed by atoms with E-state index < -0.39 is 11.6 Å². The van der Waals surface area contributed by atoms with E-state index in [4.69, 9.17) is 9.47 Å². The van der Waals surface area contributed by atoms with E-state index in [-0.39, 0.29) is 11.4 Å². The lowest BCUT2D eigenvalue weighted by atomic mass is 9.98. The van der Waals surface area contributed by atoms with Crippen LogP contribution in [0.2, 0.25) is 0 Å². The molecule has 1 fully saturated rings. The number of alkyl carbamates (subject to hydrolysis) is 1. The Labute approximate surface area is 159 Å². The second kappa shape index (κ2) is 11.5. The van der Waals surface area contributed by atoms with Gasteiger partial charge in [0.25, 0.3) is 0 Å². The Balaban J connectivity index is 2.33. The molecule has 0 heterocycles. The quantitative estimate of drug-likeness (QED) is 0.393. The van der Waals surface area contributed by atoms with Crippen LogP contribution in [0.1, 0.15) is 98.3 Å². The summed E-state index contributed by atoms with van der Waals surface area (Å²) < 4.78 is 10.8. The minimum atomic E-state index is -0.893. The van der Waals surface area contributed by atoms with Crippen LogP contribution in [0.5, 0.6) is 0 Å². The van der Waals surface area contributed by atoms with Crippen LogP contribution in [-0.4, -0.2) is 30.8 Å². The number of rotatable bonds is 11. The molecule has 1 rings (SSSR count). The van der Waals surface area contributed by atoms with Gasteiger partial charge >= 0.3 is 12.1 Å². The van der Waals surface area contributed by atoms with Crippen molar-refractivity contribution in [2.75, 3.05) is 13.2 Å². The maximum Gasteiger partial charge on any atom is 0.408 e. The fourth-order valence-electron chi connectivity index (χ4n) is 3.23. The maximum atomic E-state index is 12.6. The van der Waals surface area contributed by atoms with E-state index in [9.17, 15) is 9.59 Å². The first-order valence-corrected chi connectivity index (χ1v) is 10.4. The molecule has 5 nitrogen and oxygen atoms in total. The number of unbranched alkanes of at least 4 members (excludes halogenated alkanes) is 6. The van der Waals surface area contributed by atoms with E-state index in [0.29, 0.717) is 26.1 Å². The van der Waals surface area contributed by atoms with Crippen LogP contribution in [0.25, 0.3) is 0 Å². The van der Waals surface area contributed by atoms with Crippen molar-refractivity contribution in [2.24, 2.45) is 5.41 Å². The van der Waals surface area contributed by atoms with Crippen LogP contribution < -0.4 is 5.32 Å². The highest BCUT2D eigenvalue weighted by molar-refractivity contribution is 5.86. The third kappa shape index (κ3) is 8.91. The van der Waals surface area contributed by atoms with Crippen LogP contribution in [-0.2, 0) is 14.3 Å². The highest BCUT2D eigenvalue weighted by Gasteiger charge is 2.44. The van der Waals surface area contributed by atoms with Gasteiger partial charge in [-0.05, 0) is 24.7 Å². The molecular weight excluding hydrogens is 330 g/mol. The number of ether oxygens (including phenoxy) is 2. The monoisotopic (exact) mass is 369 g/mol. The molecule has 1 N–H and O–H groups in total. The largest absolute Gasteiger partial charge is 0.464 e. The lowest BCUT2D eigenvalue weighted by Gasteiger charge is -2.28. The molecular formula is C21H39NO4. The Bertz CT molecular complexity index is 422. The smallest absolute Gasteiger partial charge is 0.408 e. The average Bonchev–Trinajstić information content (AvgIpc) is 3.04. The van der Waals surface area contributed by atoms with Crippen LogP contribution >= 0.6 is 0 Å². The zero-order valence-electron chi connectivity index (χ0n) is 17.3. The van der Waals surface area contributed by atoms with E-state index >= 15 is 0 Å². The van der Waals surface area contributed by atoms with Gasteiger partial charge in [0.05, 0.1) is 13.2 Å². The van der Waals surface area contributed by atoms with Gasteiger partial charge in [-0.3, -0.25) is 0 Å². The molecule has 152 valence electrons. The second-order valence-corrected chi connectivity index (χ2v) is 8.81. The fraction of sp³-hybridized carbons (Fsp3) is 0.905. The summed E-state index contributed by atoms with van der Waals surface area (Å²) in [5, 5.41) is 2.80. The summed E-state index contributed by atoms with van der Waals surface area (Å²) in [7, 11) is 0. The fourth-order valence-corrected chi connectivity index (χ4v) is 3.23. The summed E-state index contributed by atoms with van der Waals surface area (Å²) in [5.41, 5.74) is -0.992. The Morgan fingerprint density at radius 2 is 1.50 bits per heavy atom. The highest BCUT2D eigenvalue weighted by Crippen LogP contribution is 2.31. The van der Waals surface area contributed by atoms with Crippen LogP contribution in [0.3, 0.4) is 0 Å². The molecule has 0 aromatic heterocycles. The summed E-state index contributed by atoms with van der Waals surface area (Å²) in [4.78, 5) is 24.7. The lowest BCUT2D eigenvalue weighted by molar-refractivity contribution is -0.151. The van der Waals surface area contributed by atoms with E-state index in [1.165, 1.54) is 32.1 Å². The molecule has 1 aliphatic carbocycles. The van der Waals surface area contributed by atoms with E-state index in [1.54, 1.807) is 0 Å². The van der Waals surface area contributed by atoms with Gasteiger partial charge in [0, 0.05) is 0 Å². The summed E-state index contributed by atoms with van der Waals surface area (Å²) >= 11 is 0. The van der Waals surface area contributed by atoms with Crippen LogP contribution in [0.15, 0.2) is 0 Å². The van der Waals surface area contributed by atoms with Crippen molar-refractivity contribution in [3.05, 3.63) is 0 Å². The summed E-state index contributed by atoms with van der Waals surface area (Å²) in [6.07, 6.45) is 10.9. The summed E-state index contributed by atoms with van der Waals surface area (Å²) in [5.74, 6) is -0.298. The second-order valence-electron chi connectivity index (χ2n) is 8.81. The first-order chi connectivity index (χ1) is 12.3. The van der Waals surface area contributed by atoms with Crippen molar-refractivity contribution in [1.82, 2.24) is 5.32 Å². The summed E-state index contributed by atoms with van der Waals surface area (Å²) in [6, 6.07) is 0. The number of amides is 1. The standard InChI is InChI=1S/C21H39NO4/c1-5-6-7-8-9-10-13-16-25-18(23)21(14-11-12-15-21)22-19(24)26-17-20(2,3)4/h5-17H2,1-4H3,(H,22,24). The zero-order chi connectivity index (χ0) is 19.5. The molecule has 0 radical (unpaired) electrons. The van der Waals surface area contributed by atoms with Crippen LogP contribution in [0.4, 0.5) is 4.79 Å². The number of nitrogens with one attached hydrogen (secondary N) is 1. The molecule has 1 saturated carbocycles. The van der Waals surface area contributed by atoms with Crippen molar-refractivity contribution in [2.45, 2.75) is 104 Å². The molecule has 0 saturated heterocycles. The first-order valence-electron chi connectivity index (χ1n) is 10.4. The maximum absolute atomic E-state index is 12.6. The number of esters is 1. The summed E-state index contributed by atoms with van der Waals surface area (Å²) in [6.45, 7) is 8.98. The normalized spacial score (nSPS) is 16.3. The molecule has 0 aliphatic heterocycles. The van der Waals surface area contributed by atoms with Gasteiger partial charge in [-0.2, -0.15) is 0 Å². The topological polar surface area (TPSA) is 64.6 Å². The van der Waals surface area contributed by atoms with Crippen molar-refractivity contribution >= 4 is 12.1 Å². The van der Waals surface area contributed by atoms with Gasteiger partial charge in [-0.1, -0.05) is 79.1 Å². The van der Waals surface area contributed by atoms with E-state index in [2.05, 4.69) is 12.2 Å². The van der Waals surface area contributed by atoms with Crippen molar-refractivity contribution in [3.63, 3.8) is 0 Å². The van der Waals surface area contributed by atoms with Gasteiger partial charge in [0.1, 0.15) is 5.54 Å². The predicted molar refractivity (Wildman–Crippen MR) is 104 cm³/mol. The van der Waals surface area contributed by atoms with E-state index in [1.807, 2.05) is 20.8 Å². The number of hydrogen-bond donors (Lipinski definition) is 1. The van der Waals surface area contributed by atoms with Crippen molar-refractivity contribution in [1.29, 1.82) is 0 Å². The minimum Gasteiger partial charge on any atom is -0.464 e. The van der Waals surface area contributed by atoms with Crippen LogP contribution in [0, 0.1) is 5.41 Å². The molecule has 0 bridgehead atoms. The molecule has 0 unspecified atom stereocenters. The third-order valence-electron chi connectivity index (χ3n) is 4.81. The Kier molecular flexibility index (Phi) is 10.0. The molecule has 1 amide bonds. The molecule has 5 heteroatoms. The SMILES string of the molecule is CCCCCCCCCOC(=O)C1(NC(=O)OCC(C)(C)C)CCCC1. The lowest BCUT2D eigenvalue weighted by Crippen LogP contribution is -2.53. The first kappa shape index (κ1) is 22.8. The Morgan fingerprint density at radius 3 is 2.08 bits per heavy atom. The molecule has 0 aromatic rings. The molecule has 0 atom stereocenters. The van der Waals surface area contributed by atoms with Gasteiger partial charge in [0.15, 0.2) is 0 Å². The number of carbonyl (C=O) groups excluding carboxylic acids is 2. The Hall–Kier alpha value is -1.26. The van der Waals surface area contributed by atoms with E-state index in [0.717, 1.165) is 25.7 Å². The van der Waals surface area contributed by atoms with Gasteiger partial charge in [-0.25, -0.2) is 9.59 Å². The van der Waals surface area contributed by atoms with Crippen molar-refractivity contribution < 1.29 is 19.1 Å². The number of carbonyl (C=O) groups is 2. The molecule has 0 aromatic carbocycles. The Morgan fingerprint density at radius 1 is 0.923 bits per heavy atom. The molecule has 26 heavy (non-hydrogen) atoms. The molecule has 0 spiro atoms. The van der Waals surface area contributed by atoms with Gasteiger partial charge < -0.3 is 14.8 Å². The zero-order valence-corrected chi connectivity index (χ0v) is 17.3. The minimum absolute atomic E-state index is 0.0994. The highest BCUT2D eigenvalue weighted by atomic mass is 16.6. The average molecular weight is 370 g/mol. The van der Waals surface area contributed by atoms with Gasteiger partial charge in [0.2, 0.25) is 0 Å². The van der Waals surface area contributed by atoms with Crippen molar-refractivity contribution in [3.8, 4) is 0 Å². The predicted octanol–water partition coefficient (Wildman–Crippen LogP) is 5.37. The third-order valence-corrected chi connectivity index (χ3v) is 4.81.